The minimum atomic E-state index is -0.664. The number of likely N-dealkylation sites (tertiary alicyclic amines) is 1. The number of carboxylic acid groups (broad SMARTS) is 1. The molecule has 2 rings (SSSR count). The third-order valence-corrected chi connectivity index (χ3v) is 4.02. The molecular formula is C14H23N3O2. The van der Waals surface area contributed by atoms with Gasteiger partial charge in [0.2, 0.25) is 0 Å². The van der Waals surface area contributed by atoms with Crippen molar-refractivity contribution in [2.24, 2.45) is 5.41 Å². The highest BCUT2D eigenvalue weighted by atomic mass is 16.4. The zero-order valence-electron chi connectivity index (χ0n) is 11.8. The normalized spacial score (nSPS) is 19.5. The molecule has 1 N–H and O–H groups in total. The Balaban J connectivity index is 1.86. The molecule has 0 amide bonds. The highest BCUT2D eigenvalue weighted by Crippen LogP contribution is 2.31. The fourth-order valence-electron chi connectivity index (χ4n) is 2.52. The van der Waals surface area contributed by atoms with E-state index in [4.69, 9.17) is 0 Å². The van der Waals surface area contributed by atoms with Gasteiger partial charge in [-0.1, -0.05) is 6.92 Å². The minimum absolute atomic E-state index is 0.539. The van der Waals surface area contributed by atoms with Crippen molar-refractivity contribution in [2.75, 3.05) is 13.1 Å². The molecule has 0 bridgehead atoms. The molecule has 0 aliphatic carbocycles. The third-order valence-electron chi connectivity index (χ3n) is 4.02. The zero-order valence-corrected chi connectivity index (χ0v) is 11.8. The maximum Gasteiger partial charge on any atom is 0.309 e. The van der Waals surface area contributed by atoms with Crippen molar-refractivity contribution in [3.63, 3.8) is 0 Å². The number of hydrogen-bond donors (Lipinski definition) is 1. The van der Waals surface area contributed by atoms with Crippen LogP contribution in [0.3, 0.4) is 0 Å². The van der Waals surface area contributed by atoms with Gasteiger partial charge in [-0.2, -0.15) is 5.10 Å². The van der Waals surface area contributed by atoms with Crippen molar-refractivity contribution in [3.8, 4) is 0 Å². The molecule has 2 heterocycles. The number of piperidine rings is 1. The number of carbonyl (C=O) groups is 1. The molecule has 0 saturated carbocycles. The Hall–Kier alpha value is -1.36. The molecule has 0 unspecified atom stereocenters. The Labute approximate surface area is 114 Å². The van der Waals surface area contributed by atoms with Crippen LogP contribution < -0.4 is 0 Å². The number of rotatable bonds is 5. The first kappa shape index (κ1) is 14.1. The van der Waals surface area contributed by atoms with E-state index in [-0.39, 0.29) is 0 Å². The van der Waals surface area contributed by atoms with E-state index in [0.29, 0.717) is 0 Å². The standard InChI is InChI=1S/C14H23N3O2/c1-3-6-17-11-12(9-15-17)10-16-7-4-14(2,5-8-16)13(18)19/h9,11H,3-8,10H2,1-2H3,(H,18,19). The quantitative estimate of drug-likeness (QED) is 0.884. The summed E-state index contributed by atoms with van der Waals surface area (Å²) in [5.74, 6) is -0.664. The van der Waals surface area contributed by atoms with E-state index in [1.807, 2.05) is 17.8 Å². The molecule has 0 atom stereocenters. The molecule has 1 fully saturated rings. The van der Waals surface area contributed by atoms with Crippen LogP contribution in [0.15, 0.2) is 12.4 Å². The molecule has 0 radical (unpaired) electrons. The van der Waals surface area contributed by atoms with E-state index in [9.17, 15) is 9.90 Å². The predicted octanol–water partition coefficient (Wildman–Crippen LogP) is 1.98. The Morgan fingerprint density at radius 1 is 1.47 bits per heavy atom. The topological polar surface area (TPSA) is 58.4 Å². The number of aliphatic carboxylic acids is 1. The van der Waals surface area contributed by atoms with Crippen molar-refractivity contribution in [3.05, 3.63) is 18.0 Å². The van der Waals surface area contributed by atoms with Crippen molar-refractivity contribution < 1.29 is 9.90 Å². The number of nitrogens with zero attached hydrogens (tertiary/aromatic N) is 3. The molecular weight excluding hydrogens is 242 g/mol. The summed E-state index contributed by atoms with van der Waals surface area (Å²) in [7, 11) is 0. The highest BCUT2D eigenvalue weighted by Gasteiger charge is 2.36. The summed E-state index contributed by atoms with van der Waals surface area (Å²) in [5.41, 5.74) is 0.676. The second kappa shape index (κ2) is 5.74. The van der Waals surface area contributed by atoms with Gasteiger partial charge < -0.3 is 5.11 Å². The average molecular weight is 265 g/mol. The molecule has 0 spiro atoms. The monoisotopic (exact) mass is 265 g/mol. The molecule has 1 aliphatic heterocycles. The summed E-state index contributed by atoms with van der Waals surface area (Å²) < 4.78 is 1.97. The molecule has 5 heteroatoms. The van der Waals surface area contributed by atoms with Gasteiger partial charge in [0.1, 0.15) is 0 Å². The fourth-order valence-corrected chi connectivity index (χ4v) is 2.52. The minimum Gasteiger partial charge on any atom is -0.481 e. The van der Waals surface area contributed by atoms with Gasteiger partial charge in [-0.15, -0.1) is 0 Å². The predicted molar refractivity (Wildman–Crippen MR) is 72.8 cm³/mol. The van der Waals surface area contributed by atoms with Gasteiger partial charge in [-0.05, 0) is 39.3 Å². The van der Waals surface area contributed by atoms with Gasteiger partial charge in [0.15, 0.2) is 0 Å². The lowest BCUT2D eigenvalue weighted by Gasteiger charge is -2.36. The van der Waals surface area contributed by atoms with E-state index in [1.54, 1.807) is 0 Å². The van der Waals surface area contributed by atoms with E-state index in [1.165, 1.54) is 5.56 Å². The molecule has 1 aromatic rings. The molecule has 5 nitrogen and oxygen atoms in total. The van der Waals surface area contributed by atoms with Gasteiger partial charge in [-0.3, -0.25) is 14.4 Å². The smallest absolute Gasteiger partial charge is 0.309 e. The molecule has 106 valence electrons. The molecule has 1 aliphatic rings. The Bertz CT molecular complexity index is 434. The van der Waals surface area contributed by atoms with Crippen LogP contribution in [-0.4, -0.2) is 38.8 Å². The molecule has 1 saturated heterocycles. The van der Waals surface area contributed by atoms with Crippen molar-refractivity contribution >= 4 is 5.97 Å². The summed E-state index contributed by atoms with van der Waals surface area (Å²) in [4.78, 5) is 13.5. The second-order valence-corrected chi connectivity index (χ2v) is 5.75. The summed E-state index contributed by atoms with van der Waals surface area (Å²) in [6.07, 6.45) is 6.55. The summed E-state index contributed by atoms with van der Waals surface area (Å²) >= 11 is 0. The molecule has 1 aromatic heterocycles. The van der Waals surface area contributed by atoms with Gasteiger partial charge >= 0.3 is 5.97 Å². The Kier molecular flexibility index (Phi) is 4.24. The lowest BCUT2D eigenvalue weighted by atomic mass is 9.80. The second-order valence-electron chi connectivity index (χ2n) is 5.75. The Morgan fingerprint density at radius 3 is 2.74 bits per heavy atom. The lowest BCUT2D eigenvalue weighted by Crippen LogP contribution is -2.42. The van der Waals surface area contributed by atoms with Crippen molar-refractivity contribution in [1.29, 1.82) is 0 Å². The first-order valence-electron chi connectivity index (χ1n) is 7.00. The van der Waals surface area contributed by atoms with Crippen LogP contribution in [0.25, 0.3) is 0 Å². The summed E-state index contributed by atoms with van der Waals surface area (Å²) in [6.45, 7) is 7.52. The van der Waals surface area contributed by atoms with Crippen molar-refractivity contribution in [2.45, 2.75) is 46.2 Å². The zero-order chi connectivity index (χ0) is 13.9. The largest absolute Gasteiger partial charge is 0.481 e. The number of hydrogen-bond acceptors (Lipinski definition) is 3. The van der Waals surface area contributed by atoms with Crippen LogP contribution >= 0.6 is 0 Å². The lowest BCUT2D eigenvalue weighted by molar-refractivity contribution is -0.150. The fraction of sp³-hybridized carbons (Fsp3) is 0.714. The third kappa shape index (κ3) is 3.35. The average Bonchev–Trinajstić information content (AvgIpc) is 2.80. The molecule has 19 heavy (non-hydrogen) atoms. The number of aromatic nitrogens is 2. The van der Waals surface area contributed by atoms with Crippen LogP contribution in [0.1, 0.15) is 38.7 Å². The SMILES string of the molecule is CCCn1cc(CN2CCC(C)(C(=O)O)CC2)cn1. The van der Waals surface area contributed by atoms with Gasteiger partial charge in [0, 0.05) is 24.8 Å². The number of aryl methyl sites for hydroxylation is 1. The first-order chi connectivity index (χ1) is 9.03. The van der Waals surface area contributed by atoms with E-state index in [0.717, 1.165) is 45.4 Å². The maximum atomic E-state index is 11.2. The van der Waals surface area contributed by atoms with Crippen molar-refractivity contribution in [1.82, 2.24) is 14.7 Å². The van der Waals surface area contributed by atoms with Crippen LogP contribution in [0.2, 0.25) is 0 Å². The van der Waals surface area contributed by atoms with Crippen LogP contribution in [0, 0.1) is 5.41 Å². The summed E-state index contributed by atoms with van der Waals surface area (Å²) in [5, 5.41) is 13.5. The van der Waals surface area contributed by atoms with E-state index < -0.39 is 11.4 Å². The Morgan fingerprint density at radius 2 is 2.16 bits per heavy atom. The van der Waals surface area contributed by atoms with Crippen LogP contribution in [-0.2, 0) is 17.9 Å². The van der Waals surface area contributed by atoms with Gasteiger partial charge in [0.25, 0.3) is 0 Å². The van der Waals surface area contributed by atoms with Gasteiger partial charge in [0.05, 0.1) is 11.6 Å². The van der Waals surface area contributed by atoms with E-state index in [2.05, 4.69) is 23.1 Å². The van der Waals surface area contributed by atoms with E-state index >= 15 is 0 Å². The highest BCUT2D eigenvalue weighted by molar-refractivity contribution is 5.74. The van der Waals surface area contributed by atoms with Crippen LogP contribution in [0.4, 0.5) is 0 Å². The van der Waals surface area contributed by atoms with Crippen LogP contribution in [0.5, 0.6) is 0 Å². The maximum absolute atomic E-state index is 11.2. The van der Waals surface area contributed by atoms with Gasteiger partial charge in [-0.25, -0.2) is 0 Å². The summed E-state index contributed by atoms with van der Waals surface area (Å²) in [6, 6.07) is 0. The molecule has 0 aromatic carbocycles. The first-order valence-corrected chi connectivity index (χ1v) is 7.00. The number of carboxylic acids is 1.